The van der Waals surface area contributed by atoms with Gasteiger partial charge >= 0.3 is 5.97 Å². The predicted octanol–water partition coefficient (Wildman–Crippen LogP) is 3.31. The van der Waals surface area contributed by atoms with Gasteiger partial charge in [0.1, 0.15) is 0 Å². The fourth-order valence-electron chi connectivity index (χ4n) is 1.53. The Kier molecular flexibility index (Phi) is 6.65. The summed E-state index contributed by atoms with van der Waals surface area (Å²) in [5, 5.41) is 8.65. The smallest absolute Gasteiger partial charge is 0.306 e. The molecule has 0 spiro atoms. The van der Waals surface area contributed by atoms with E-state index in [9.17, 15) is 4.79 Å². The van der Waals surface area contributed by atoms with E-state index in [0.717, 1.165) is 18.8 Å². The van der Waals surface area contributed by atoms with Crippen LogP contribution in [-0.2, 0) is 4.79 Å². The van der Waals surface area contributed by atoms with E-state index in [2.05, 4.69) is 13.8 Å². The van der Waals surface area contributed by atoms with Gasteiger partial charge in [-0.25, -0.2) is 0 Å². The molecule has 2 nitrogen and oxygen atoms in total. The summed E-state index contributed by atoms with van der Waals surface area (Å²) in [6.45, 7) is 6.22. The van der Waals surface area contributed by atoms with Crippen molar-refractivity contribution in [3.05, 3.63) is 0 Å². The standard InChI is InChI=1S/C11H22O2/c1-4-6-9(2)7-5-8-10(3)11(12)13/h9-10H,4-8H2,1-3H3,(H,12,13). The van der Waals surface area contributed by atoms with Gasteiger partial charge in [0.05, 0.1) is 5.92 Å². The maximum atomic E-state index is 10.5. The zero-order valence-corrected chi connectivity index (χ0v) is 9.05. The van der Waals surface area contributed by atoms with Crippen LogP contribution >= 0.6 is 0 Å². The second-order valence-electron chi connectivity index (χ2n) is 4.06. The Morgan fingerprint density at radius 2 is 1.85 bits per heavy atom. The van der Waals surface area contributed by atoms with Crippen LogP contribution in [-0.4, -0.2) is 11.1 Å². The minimum absolute atomic E-state index is 0.172. The number of rotatable bonds is 7. The second kappa shape index (κ2) is 6.93. The summed E-state index contributed by atoms with van der Waals surface area (Å²) in [5.41, 5.74) is 0. The van der Waals surface area contributed by atoms with E-state index in [1.807, 2.05) is 0 Å². The molecule has 1 N–H and O–H groups in total. The first-order chi connectivity index (χ1) is 6.07. The minimum Gasteiger partial charge on any atom is -0.481 e. The zero-order chi connectivity index (χ0) is 10.3. The van der Waals surface area contributed by atoms with Crippen LogP contribution in [0.1, 0.15) is 52.9 Å². The van der Waals surface area contributed by atoms with Crippen molar-refractivity contribution in [3.8, 4) is 0 Å². The monoisotopic (exact) mass is 186 g/mol. The van der Waals surface area contributed by atoms with Crippen LogP contribution < -0.4 is 0 Å². The lowest BCUT2D eigenvalue weighted by Crippen LogP contribution is -2.09. The average Bonchev–Trinajstić information content (AvgIpc) is 2.04. The predicted molar refractivity (Wildman–Crippen MR) is 54.7 cm³/mol. The molecule has 2 atom stereocenters. The van der Waals surface area contributed by atoms with Crippen molar-refractivity contribution in [2.45, 2.75) is 52.9 Å². The Morgan fingerprint density at radius 3 is 2.31 bits per heavy atom. The molecular weight excluding hydrogens is 164 g/mol. The molecule has 0 rings (SSSR count). The number of hydrogen-bond donors (Lipinski definition) is 1. The minimum atomic E-state index is -0.664. The normalized spacial score (nSPS) is 15.3. The first-order valence-corrected chi connectivity index (χ1v) is 5.30. The van der Waals surface area contributed by atoms with Crippen molar-refractivity contribution in [1.82, 2.24) is 0 Å². The van der Waals surface area contributed by atoms with Crippen LogP contribution in [0, 0.1) is 11.8 Å². The van der Waals surface area contributed by atoms with E-state index < -0.39 is 5.97 Å². The molecule has 0 aliphatic heterocycles. The van der Waals surface area contributed by atoms with E-state index in [1.54, 1.807) is 6.92 Å². The molecule has 0 saturated carbocycles. The summed E-state index contributed by atoms with van der Waals surface area (Å²) in [7, 11) is 0. The van der Waals surface area contributed by atoms with Crippen molar-refractivity contribution >= 4 is 5.97 Å². The van der Waals surface area contributed by atoms with E-state index >= 15 is 0 Å². The van der Waals surface area contributed by atoms with Crippen molar-refractivity contribution in [3.63, 3.8) is 0 Å². The number of hydrogen-bond acceptors (Lipinski definition) is 1. The number of carboxylic acids is 1. The third kappa shape index (κ3) is 6.62. The van der Waals surface area contributed by atoms with Crippen LogP contribution in [0.25, 0.3) is 0 Å². The van der Waals surface area contributed by atoms with Crippen LogP contribution in [0.5, 0.6) is 0 Å². The lowest BCUT2D eigenvalue weighted by atomic mass is 9.96. The fraction of sp³-hybridized carbons (Fsp3) is 0.909. The van der Waals surface area contributed by atoms with Gasteiger partial charge in [0.2, 0.25) is 0 Å². The molecule has 0 aromatic carbocycles. The van der Waals surface area contributed by atoms with Gasteiger partial charge in [-0.1, -0.05) is 46.5 Å². The SMILES string of the molecule is CCCC(C)CCCC(C)C(=O)O. The molecule has 0 heterocycles. The molecule has 0 aliphatic rings. The lowest BCUT2D eigenvalue weighted by molar-refractivity contribution is -0.141. The highest BCUT2D eigenvalue weighted by molar-refractivity contribution is 5.69. The largest absolute Gasteiger partial charge is 0.481 e. The lowest BCUT2D eigenvalue weighted by Gasteiger charge is -2.10. The second-order valence-corrected chi connectivity index (χ2v) is 4.06. The quantitative estimate of drug-likeness (QED) is 0.662. The highest BCUT2D eigenvalue weighted by Crippen LogP contribution is 2.16. The van der Waals surface area contributed by atoms with Crippen molar-refractivity contribution in [1.29, 1.82) is 0 Å². The first kappa shape index (κ1) is 12.5. The molecule has 0 bridgehead atoms. The third-order valence-corrected chi connectivity index (χ3v) is 2.54. The zero-order valence-electron chi connectivity index (χ0n) is 9.05. The van der Waals surface area contributed by atoms with Crippen molar-refractivity contribution in [2.75, 3.05) is 0 Å². The molecule has 0 aromatic rings. The highest BCUT2D eigenvalue weighted by Gasteiger charge is 2.10. The summed E-state index contributed by atoms with van der Waals surface area (Å²) in [5.74, 6) is -0.0806. The fourth-order valence-corrected chi connectivity index (χ4v) is 1.53. The summed E-state index contributed by atoms with van der Waals surface area (Å²) >= 11 is 0. The van der Waals surface area contributed by atoms with Crippen LogP contribution in [0.15, 0.2) is 0 Å². The Balaban J connectivity index is 3.39. The number of carboxylic acid groups (broad SMARTS) is 1. The maximum Gasteiger partial charge on any atom is 0.306 e. The van der Waals surface area contributed by atoms with Gasteiger partial charge in [-0.05, 0) is 12.3 Å². The Hall–Kier alpha value is -0.530. The Bertz CT molecular complexity index is 143. The van der Waals surface area contributed by atoms with Gasteiger partial charge in [-0.15, -0.1) is 0 Å². The van der Waals surface area contributed by atoms with E-state index in [1.165, 1.54) is 19.3 Å². The highest BCUT2D eigenvalue weighted by atomic mass is 16.4. The van der Waals surface area contributed by atoms with Crippen LogP contribution in [0.2, 0.25) is 0 Å². The Labute approximate surface area is 81.3 Å². The molecule has 13 heavy (non-hydrogen) atoms. The first-order valence-electron chi connectivity index (χ1n) is 5.30. The molecule has 0 amide bonds. The van der Waals surface area contributed by atoms with Crippen LogP contribution in [0.3, 0.4) is 0 Å². The molecule has 0 aromatic heterocycles. The maximum absolute atomic E-state index is 10.5. The molecule has 2 heteroatoms. The van der Waals surface area contributed by atoms with Crippen molar-refractivity contribution in [2.24, 2.45) is 11.8 Å². The van der Waals surface area contributed by atoms with Gasteiger partial charge in [-0.3, -0.25) is 4.79 Å². The number of aliphatic carboxylic acids is 1. The van der Waals surface area contributed by atoms with E-state index in [0.29, 0.717) is 0 Å². The topological polar surface area (TPSA) is 37.3 Å². The average molecular weight is 186 g/mol. The molecule has 2 unspecified atom stereocenters. The van der Waals surface area contributed by atoms with Gasteiger partial charge in [0, 0.05) is 0 Å². The Morgan fingerprint density at radius 1 is 1.23 bits per heavy atom. The van der Waals surface area contributed by atoms with Crippen LogP contribution in [0.4, 0.5) is 0 Å². The van der Waals surface area contributed by atoms with E-state index in [-0.39, 0.29) is 5.92 Å². The summed E-state index contributed by atoms with van der Waals surface area (Å²) < 4.78 is 0. The third-order valence-electron chi connectivity index (χ3n) is 2.54. The summed E-state index contributed by atoms with van der Waals surface area (Å²) in [4.78, 5) is 10.5. The van der Waals surface area contributed by atoms with E-state index in [4.69, 9.17) is 5.11 Å². The van der Waals surface area contributed by atoms with Crippen molar-refractivity contribution < 1.29 is 9.90 Å². The molecule has 78 valence electrons. The molecular formula is C11H22O2. The molecule has 0 aliphatic carbocycles. The molecule has 0 saturated heterocycles. The molecule has 0 fully saturated rings. The van der Waals surface area contributed by atoms with Gasteiger partial charge < -0.3 is 5.11 Å². The summed E-state index contributed by atoms with van der Waals surface area (Å²) in [6.07, 6.45) is 5.54. The van der Waals surface area contributed by atoms with Gasteiger partial charge in [0.25, 0.3) is 0 Å². The number of carbonyl (C=O) groups is 1. The molecule has 0 radical (unpaired) electrons. The van der Waals surface area contributed by atoms with Gasteiger partial charge in [-0.2, -0.15) is 0 Å². The summed E-state index contributed by atoms with van der Waals surface area (Å²) in [6, 6.07) is 0. The van der Waals surface area contributed by atoms with Gasteiger partial charge in [0.15, 0.2) is 0 Å².